The lowest BCUT2D eigenvalue weighted by molar-refractivity contribution is 0.133. The van der Waals surface area contributed by atoms with Gasteiger partial charge < -0.3 is 15.6 Å². The molecular weight excluding hydrogens is 321 g/mol. The second kappa shape index (κ2) is 7.34. The van der Waals surface area contributed by atoms with Crippen LogP contribution < -0.4 is 10.5 Å². The van der Waals surface area contributed by atoms with Gasteiger partial charge in [-0.2, -0.15) is 0 Å². The van der Waals surface area contributed by atoms with E-state index in [2.05, 4.69) is 0 Å². The van der Waals surface area contributed by atoms with Gasteiger partial charge in [-0.1, -0.05) is 48.0 Å². The molecule has 2 aromatic rings. The number of halogens is 2. The van der Waals surface area contributed by atoms with E-state index in [1.807, 2.05) is 42.5 Å². The smallest absolute Gasteiger partial charge is 0.138 e. The number of aliphatic hydroxyl groups is 1. The van der Waals surface area contributed by atoms with Crippen LogP contribution in [0.2, 0.25) is 5.02 Å². The first-order valence-electron chi connectivity index (χ1n) is 7.08. The number of hydrogen-bond acceptors (Lipinski definition) is 3. The quantitative estimate of drug-likeness (QED) is 0.897. The van der Waals surface area contributed by atoms with E-state index in [4.69, 9.17) is 22.1 Å². The fourth-order valence-corrected chi connectivity index (χ4v) is 3.01. The highest BCUT2D eigenvalue weighted by molar-refractivity contribution is 6.33. The minimum absolute atomic E-state index is 0. The average Bonchev–Trinajstić information content (AvgIpc) is 2.51. The van der Waals surface area contributed by atoms with Crippen LogP contribution in [0, 0.1) is 0 Å². The van der Waals surface area contributed by atoms with Crippen LogP contribution in [0.5, 0.6) is 5.75 Å². The molecule has 3 nitrogen and oxygen atoms in total. The second-order valence-electron chi connectivity index (χ2n) is 5.37. The summed E-state index contributed by atoms with van der Waals surface area (Å²) in [6, 6.07) is 13.4. The molecule has 0 saturated heterocycles. The van der Waals surface area contributed by atoms with Gasteiger partial charge in [0.1, 0.15) is 12.4 Å². The van der Waals surface area contributed by atoms with Gasteiger partial charge >= 0.3 is 0 Å². The maximum absolute atomic E-state index is 10.1. The SMILES string of the molecule is Cl.NC1CCc2c(ccc(OCc3ccccc3)c2Cl)C1O. The highest BCUT2D eigenvalue weighted by Gasteiger charge is 2.27. The summed E-state index contributed by atoms with van der Waals surface area (Å²) in [7, 11) is 0. The third kappa shape index (κ3) is 3.39. The summed E-state index contributed by atoms with van der Waals surface area (Å²) in [6.07, 6.45) is 0.861. The highest BCUT2D eigenvalue weighted by atomic mass is 35.5. The summed E-state index contributed by atoms with van der Waals surface area (Å²) in [5, 5.41) is 10.7. The highest BCUT2D eigenvalue weighted by Crippen LogP contribution is 2.38. The van der Waals surface area contributed by atoms with Gasteiger partial charge in [-0.05, 0) is 35.6 Å². The van der Waals surface area contributed by atoms with Gasteiger partial charge in [0.15, 0.2) is 0 Å². The van der Waals surface area contributed by atoms with E-state index in [1.54, 1.807) is 0 Å². The number of fused-ring (bicyclic) bond motifs is 1. The molecule has 3 rings (SSSR count). The first-order chi connectivity index (χ1) is 10.2. The Bertz CT molecular complexity index is 634. The summed E-state index contributed by atoms with van der Waals surface area (Å²) in [5.74, 6) is 0.655. The third-order valence-corrected chi connectivity index (χ3v) is 4.35. The van der Waals surface area contributed by atoms with Crippen molar-refractivity contribution >= 4 is 24.0 Å². The molecule has 0 aliphatic heterocycles. The molecule has 0 radical (unpaired) electrons. The molecule has 0 bridgehead atoms. The van der Waals surface area contributed by atoms with E-state index in [0.717, 1.165) is 29.5 Å². The van der Waals surface area contributed by atoms with Crippen molar-refractivity contribution in [3.63, 3.8) is 0 Å². The van der Waals surface area contributed by atoms with Crippen molar-refractivity contribution in [1.82, 2.24) is 0 Å². The molecule has 0 fully saturated rings. The molecule has 5 heteroatoms. The first-order valence-corrected chi connectivity index (χ1v) is 7.46. The molecule has 0 saturated carbocycles. The molecular formula is C17H19Cl2NO2. The van der Waals surface area contributed by atoms with Crippen LogP contribution in [-0.2, 0) is 13.0 Å². The second-order valence-corrected chi connectivity index (χ2v) is 5.75. The standard InChI is InChI=1S/C17H18ClNO2.ClH/c18-16-12-6-8-14(19)17(20)13(12)7-9-15(16)21-10-11-4-2-1-3-5-11;/h1-5,7,9,14,17,20H,6,8,10,19H2;1H. The van der Waals surface area contributed by atoms with E-state index < -0.39 is 6.10 Å². The minimum Gasteiger partial charge on any atom is -0.487 e. The predicted octanol–water partition coefficient (Wildman–Crippen LogP) is 3.65. The Morgan fingerprint density at radius 2 is 1.91 bits per heavy atom. The zero-order valence-electron chi connectivity index (χ0n) is 12.0. The van der Waals surface area contributed by atoms with Crippen LogP contribution in [0.4, 0.5) is 0 Å². The Balaban J connectivity index is 0.00000176. The molecule has 118 valence electrons. The summed E-state index contributed by atoms with van der Waals surface area (Å²) in [5.41, 5.74) is 8.76. The van der Waals surface area contributed by atoms with Gasteiger partial charge in [0, 0.05) is 6.04 Å². The largest absolute Gasteiger partial charge is 0.487 e. The van der Waals surface area contributed by atoms with Crippen LogP contribution in [0.15, 0.2) is 42.5 Å². The van der Waals surface area contributed by atoms with Crippen molar-refractivity contribution in [2.24, 2.45) is 5.73 Å². The van der Waals surface area contributed by atoms with Crippen LogP contribution in [0.1, 0.15) is 29.2 Å². The molecule has 22 heavy (non-hydrogen) atoms. The van der Waals surface area contributed by atoms with Gasteiger partial charge in [-0.25, -0.2) is 0 Å². The first kappa shape index (κ1) is 17.1. The maximum Gasteiger partial charge on any atom is 0.138 e. The summed E-state index contributed by atoms with van der Waals surface area (Å²) in [4.78, 5) is 0. The van der Waals surface area contributed by atoms with Crippen molar-refractivity contribution < 1.29 is 9.84 Å². The Morgan fingerprint density at radius 3 is 2.64 bits per heavy atom. The van der Waals surface area contributed by atoms with E-state index in [9.17, 15) is 5.11 Å². The van der Waals surface area contributed by atoms with Crippen LogP contribution in [0.25, 0.3) is 0 Å². The van der Waals surface area contributed by atoms with Gasteiger partial charge in [0.25, 0.3) is 0 Å². The lowest BCUT2D eigenvalue weighted by Crippen LogP contribution is -2.33. The number of aliphatic hydroxyl groups excluding tert-OH is 1. The average molecular weight is 340 g/mol. The van der Waals surface area contributed by atoms with Crippen LogP contribution >= 0.6 is 24.0 Å². The summed E-state index contributed by atoms with van der Waals surface area (Å²) >= 11 is 6.43. The molecule has 0 heterocycles. The van der Waals surface area contributed by atoms with Crippen LogP contribution in [0.3, 0.4) is 0 Å². The molecule has 2 atom stereocenters. The molecule has 0 amide bonds. The number of hydrogen-bond donors (Lipinski definition) is 2. The van der Waals surface area contributed by atoms with Gasteiger partial charge in [-0.3, -0.25) is 0 Å². The van der Waals surface area contributed by atoms with Gasteiger partial charge in [0.2, 0.25) is 0 Å². The number of nitrogens with two attached hydrogens (primary N) is 1. The van der Waals surface area contributed by atoms with E-state index in [1.165, 1.54) is 0 Å². The maximum atomic E-state index is 10.1. The zero-order valence-corrected chi connectivity index (χ0v) is 13.6. The fraction of sp³-hybridized carbons (Fsp3) is 0.294. The predicted molar refractivity (Wildman–Crippen MR) is 90.7 cm³/mol. The normalized spacial score (nSPS) is 20.0. The fourth-order valence-electron chi connectivity index (χ4n) is 2.69. The van der Waals surface area contributed by atoms with Gasteiger partial charge in [-0.15, -0.1) is 12.4 Å². The van der Waals surface area contributed by atoms with Crippen molar-refractivity contribution in [1.29, 1.82) is 0 Å². The lowest BCUT2D eigenvalue weighted by atomic mass is 9.86. The Hall–Kier alpha value is -1.26. The minimum atomic E-state index is -0.644. The molecule has 2 aromatic carbocycles. The Kier molecular flexibility index (Phi) is 5.70. The Morgan fingerprint density at radius 1 is 1.18 bits per heavy atom. The zero-order chi connectivity index (χ0) is 14.8. The number of rotatable bonds is 3. The number of ether oxygens (including phenoxy) is 1. The molecule has 1 aliphatic carbocycles. The van der Waals surface area contributed by atoms with E-state index in [-0.39, 0.29) is 18.4 Å². The third-order valence-electron chi connectivity index (χ3n) is 3.93. The molecule has 1 aliphatic rings. The van der Waals surface area contributed by atoms with Crippen molar-refractivity contribution in [2.45, 2.75) is 31.6 Å². The van der Waals surface area contributed by atoms with Crippen molar-refractivity contribution in [3.05, 3.63) is 64.2 Å². The van der Waals surface area contributed by atoms with Crippen LogP contribution in [-0.4, -0.2) is 11.1 Å². The topological polar surface area (TPSA) is 55.5 Å². The molecule has 0 spiro atoms. The molecule has 3 N–H and O–H groups in total. The van der Waals surface area contributed by atoms with E-state index >= 15 is 0 Å². The van der Waals surface area contributed by atoms with Gasteiger partial charge in [0.05, 0.1) is 11.1 Å². The lowest BCUT2D eigenvalue weighted by Gasteiger charge is -2.28. The Labute approximate surface area is 141 Å². The van der Waals surface area contributed by atoms with E-state index in [0.29, 0.717) is 17.4 Å². The molecule has 0 aromatic heterocycles. The van der Waals surface area contributed by atoms with Crippen molar-refractivity contribution in [2.75, 3.05) is 0 Å². The molecule has 2 unspecified atom stereocenters. The summed E-state index contributed by atoms with van der Waals surface area (Å²) < 4.78 is 5.81. The number of benzene rings is 2. The van der Waals surface area contributed by atoms with Crippen molar-refractivity contribution in [3.8, 4) is 5.75 Å². The summed E-state index contributed by atoms with van der Waals surface area (Å²) in [6.45, 7) is 0.474. The monoisotopic (exact) mass is 339 g/mol.